The molecular formula is C12H20FN3. The van der Waals surface area contributed by atoms with Gasteiger partial charge in [-0.05, 0) is 18.9 Å². The van der Waals surface area contributed by atoms with E-state index >= 15 is 0 Å². The summed E-state index contributed by atoms with van der Waals surface area (Å²) in [6, 6.07) is 1.47. The van der Waals surface area contributed by atoms with Gasteiger partial charge in [0.25, 0.3) is 0 Å². The van der Waals surface area contributed by atoms with Crippen LogP contribution in [0.25, 0.3) is 0 Å². The van der Waals surface area contributed by atoms with Crippen LogP contribution < -0.4 is 10.6 Å². The zero-order valence-electron chi connectivity index (χ0n) is 10.0. The van der Waals surface area contributed by atoms with Crippen LogP contribution in [0.5, 0.6) is 0 Å². The lowest BCUT2D eigenvalue weighted by Gasteiger charge is -2.24. The summed E-state index contributed by atoms with van der Waals surface area (Å²) in [5, 5.41) is 0. The number of halogens is 1. The van der Waals surface area contributed by atoms with Gasteiger partial charge in [0.1, 0.15) is 11.6 Å². The Bertz CT molecular complexity index is 322. The van der Waals surface area contributed by atoms with Crippen molar-refractivity contribution >= 4 is 5.82 Å². The highest BCUT2D eigenvalue weighted by Gasteiger charge is 2.11. The van der Waals surface area contributed by atoms with E-state index in [9.17, 15) is 4.39 Å². The fourth-order valence-electron chi connectivity index (χ4n) is 1.77. The van der Waals surface area contributed by atoms with Crippen LogP contribution in [0.15, 0.2) is 12.3 Å². The molecule has 0 amide bonds. The number of nitrogens with zero attached hydrogens (tertiary/aromatic N) is 2. The molecule has 0 spiro atoms. The molecule has 0 aliphatic carbocycles. The minimum atomic E-state index is -0.322. The topological polar surface area (TPSA) is 42.2 Å². The van der Waals surface area contributed by atoms with Crippen LogP contribution in [0.2, 0.25) is 0 Å². The first-order valence-electron chi connectivity index (χ1n) is 5.82. The molecule has 1 rings (SSSR count). The third kappa shape index (κ3) is 3.17. The second kappa shape index (κ2) is 6.43. The molecule has 0 aliphatic heterocycles. The maximum atomic E-state index is 13.0. The summed E-state index contributed by atoms with van der Waals surface area (Å²) in [7, 11) is 0. The number of nitrogens with two attached hydrogens (primary N) is 1. The van der Waals surface area contributed by atoms with Gasteiger partial charge in [0, 0.05) is 25.2 Å². The summed E-state index contributed by atoms with van der Waals surface area (Å²) in [5.41, 5.74) is 6.40. The van der Waals surface area contributed by atoms with E-state index in [0.29, 0.717) is 6.54 Å². The lowest BCUT2D eigenvalue weighted by molar-refractivity contribution is 0.616. The van der Waals surface area contributed by atoms with Crippen molar-refractivity contribution in [3.8, 4) is 0 Å². The van der Waals surface area contributed by atoms with Gasteiger partial charge >= 0.3 is 0 Å². The number of rotatable bonds is 6. The summed E-state index contributed by atoms with van der Waals surface area (Å²) < 4.78 is 13.0. The fraction of sp³-hybridized carbons (Fsp3) is 0.583. The first kappa shape index (κ1) is 12.9. The van der Waals surface area contributed by atoms with E-state index in [4.69, 9.17) is 5.73 Å². The Kier molecular flexibility index (Phi) is 5.19. The predicted octanol–water partition coefficient (Wildman–Crippen LogP) is 2.31. The molecular weight excluding hydrogens is 205 g/mol. The monoisotopic (exact) mass is 225 g/mol. The highest BCUT2D eigenvalue weighted by Crippen LogP contribution is 2.18. The molecule has 0 aromatic carbocycles. The molecule has 0 atom stereocenters. The molecule has 0 saturated carbocycles. The third-order valence-corrected chi connectivity index (χ3v) is 2.42. The molecule has 90 valence electrons. The van der Waals surface area contributed by atoms with Crippen molar-refractivity contribution < 1.29 is 4.39 Å². The zero-order valence-corrected chi connectivity index (χ0v) is 10.0. The minimum Gasteiger partial charge on any atom is -0.356 e. The number of pyridine rings is 1. The standard InChI is InChI=1S/C12H20FN3/c1-3-5-16(6-4-2)12-10(8-14)7-11(13)9-15-12/h7,9H,3-6,8,14H2,1-2H3. The highest BCUT2D eigenvalue weighted by molar-refractivity contribution is 5.46. The van der Waals surface area contributed by atoms with Crippen LogP contribution in [-0.4, -0.2) is 18.1 Å². The first-order valence-corrected chi connectivity index (χ1v) is 5.82. The van der Waals surface area contributed by atoms with Gasteiger partial charge in [-0.1, -0.05) is 13.8 Å². The normalized spacial score (nSPS) is 10.5. The second-order valence-electron chi connectivity index (χ2n) is 3.83. The Labute approximate surface area is 96.5 Å². The molecule has 1 aromatic heterocycles. The summed E-state index contributed by atoms with van der Waals surface area (Å²) in [6.45, 7) is 6.42. The van der Waals surface area contributed by atoms with Crippen LogP contribution in [0.3, 0.4) is 0 Å². The lowest BCUT2D eigenvalue weighted by atomic mass is 10.2. The summed E-state index contributed by atoms with van der Waals surface area (Å²) in [5.74, 6) is 0.504. The molecule has 4 heteroatoms. The van der Waals surface area contributed by atoms with Crippen LogP contribution >= 0.6 is 0 Å². The second-order valence-corrected chi connectivity index (χ2v) is 3.83. The van der Waals surface area contributed by atoms with Crippen molar-refractivity contribution in [2.45, 2.75) is 33.2 Å². The Hall–Kier alpha value is -1.16. The molecule has 2 N–H and O–H groups in total. The van der Waals surface area contributed by atoms with E-state index in [1.165, 1.54) is 12.3 Å². The van der Waals surface area contributed by atoms with Crippen LogP contribution in [0, 0.1) is 5.82 Å². The van der Waals surface area contributed by atoms with Crippen molar-refractivity contribution in [1.29, 1.82) is 0 Å². The van der Waals surface area contributed by atoms with E-state index in [-0.39, 0.29) is 5.82 Å². The van der Waals surface area contributed by atoms with Crippen molar-refractivity contribution in [3.05, 3.63) is 23.6 Å². The number of aromatic nitrogens is 1. The Balaban J connectivity index is 2.97. The van der Waals surface area contributed by atoms with Crippen LogP contribution in [0.4, 0.5) is 10.2 Å². The first-order chi connectivity index (χ1) is 7.72. The molecule has 0 aliphatic rings. The van der Waals surface area contributed by atoms with Gasteiger partial charge in [0.15, 0.2) is 0 Å². The van der Waals surface area contributed by atoms with E-state index < -0.39 is 0 Å². The largest absolute Gasteiger partial charge is 0.356 e. The molecule has 0 bridgehead atoms. The smallest absolute Gasteiger partial charge is 0.141 e. The molecule has 3 nitrogen and oxygen atoms in total. The van der Waals surface area contributed by atoms with Crippen molar-refractivity contribution in [2.75, 3.05) is 18.0 Å². The van der Waals surface area contributed by atoms with Gasteiger partial charge in [0.2, 0.25) is 0 Å². The summed E-state index contributed by atoms with van der Waals surface area (Å²) in [6.07, 6.45) is 3.35. The van der Waals surface area contributed by atoms with Gasteiger partial charge in [-0.3, -0.25) is 0 Å². The van der Waals surface area contributed by atoms with Gasteiger partial charge in [0.05, 0.1) is 6.20 Å². The van der Waals surface area contributed by atoms with Crippen molar-refractivity contribution in [1.82, 2.24) is 4.98 Å². The zero-order chi connectivity index (χ0) is 12.0. The van der Waals surface area contributed by atoms with E-state index in [1.807, 2.05) is 0 Å². The molecule has 0 saturated heterocycles. The quantitative estimate of drug-likeness (QED) is 0.807. The fourth-order valence-corrected chi connectivity index (χ4v) is 1.77. The number of anilines is 1. The van der Waals surface area contributed by atoms with Crippen LogP contribution in [0.1, 0.15) is 32.3 Å². The highest BCUT2D eigenvalue weighted by atomic mass is 19.1. The van der Waals surface area contributed by atoms with Crippen molar-refractivity contribution in [3.63, 3.8) is 0 Å². The third-order valence-electron chi connectivity index (χ3n) is 2.42. The van der Waals surface area contributed by atoms with Crippen LogP contribution in [-0.2, 0) is 6.54 Å². The molecule has 16 heavy (non-hydrogen) atoms. The van der Waals surface area contributed by atoms with E-state index in [0.717, 1.165) is 37.3 Å². The maximum Gasteiger partial charge on any atom is 0.141 e. The molecule has 1 aromatic rings. The average Bonchev–Trinajstić information content (AvgIpc) is 2.28. The number of hydrogen-bond donors (Lipinski definition) is 1. The average molecular weight is 225 g/mol. The molecule has 0 unspecified atom stereocenters. The van der Waals surface area contributed by atoms with Gasteiger partial charge < -0.3 is 10.6 Å². The van der Waals surface area contributed by atoms with Gasteiger partial charge in [-0.2, -0.15) is 0 Å². The lowest BCUT2D eigenvalue weighted by Crippen LogP contribution is -2.27. The minimum absolute atomic E-state index is 0.322. The molecule has 0 radical (unpaired) electrons. The molecule has 0 fully saturated rings. The predicted molar refractivity (Wildman–Crippen MR) is 64.9 cm³/mol. The summed E-state index contributed by atoms with van der Waals surface area (Å²) in [4.78, 5) is 6.33. The SMILES string of the molecule is CCCN(CCC)c1ncc(F)cc1CN. The van der Waals surface area contributed by atoms with E-state index in [2.05, 4.69) is 23.7 Å². The summed E-state index contributed by atoms with van der Waals surface area (Å²) >= 11 is 0. The number of hydrogen-bond acceptors (Lipinski definition) is 3. The van der Waals surface area contributed by atoms with Gasteiger partial charge in [-0.15, -0.1) is 0 Å². The van der Waals surface area contributed by atoms with Gasteiger partial charge in [-0.25, -0.2) is 9.37 Å². The Morgan fingerprint density at radius 3 is 2.44 bits per heavy atom. The maximum absolute atomic E-state index is 13.0. The van der Waals surface area contributed by atoms with E-state index in [1.54, 1.807) is 0 Å². The van der Waals surface area contributed by atoms with Crippen molar-refractivity contribution in [2.24, 2.45) is 5.73 Å². The Morgan fingerprint density at radius 2 is 1.94 bits per heavy atom. The molecule has 1 heterocycles. The Morgan fingerprint density at radius 1 is 1.31 bits per heavy atom.